The summed E-state index contributed by atoms with van der Waals surface area (Å²) in [7, 11) is 0. The number of amides is 1. The first-order chi connectivity index (χ1) is 12.4. The van der Waals surface area contributed by atoms with Gasteiger partial charge >= 0.3 is 0 Å². The third-order valence-corrected chi connectivity index (χ3v) is 5.14. The zero-order chi connectivity index (χ0) is 18.8. The van der Waals surface area contributed by atoms with E-state index in [0.717, 1.165) is 6.07 Å². The maximum atomic E-state index is 13.9. The molecule has 1 heterocycles. The van der Waals surface area contributed by atoms with E-state index < -0.39 is 11.6 Å². The van der Waals surface area contributed by atoms with E-state index in [1.54, 1.807) is 12.1 Å². The smallest absolute Gasteiger partial charge is 0.227 e. The molecular formula is C19H17Cl2F2NO2. The summed E-state index contributed by atoms with van der Waals surface area (Å²) in [6.45, 7) is 0.133. The number of hydrogen-bond donors (Lipinski definition) is 1. The lowest BCUT2D eigenvalue weighted by Crippen LogP contribution is -2.41. The Morgan fingerprint density at radius 1 is 1.15 bits per heavy atom. The van der Waals surface area contributed by atoms with Crippen molar-refractivity contribution in [3.63, 3.8) is 0 Å². The second-order valence-corrected chi connectivity index (χ2v) is 7.23. The van der Waals surface area contributed by atoms with Crippen molar-refractivity contribution in [2.24, 2.45) is 5.92 Å². The Balaban J connectivity index is 1.84. The minimum absolute atomic E-state index is 0.00249. The molecule has 0 saturated carbocycles. The van der Waals surface area contributed by atoms with Crippen molar-refractivity contribution in [3.05, 3.63) is 63.1 Å². The van der Waals surface area contributed by atoms with Crippen LogP contribution in [0.2, 0.25) is 10.0 Å². The third kappa shape index (κ3) is 4.00. The molecule has 7 heteroatoms. The van der Waals surface area contributed by atoms with Crippen LogP contribution in [0.25, 0.3) is 0 Å². The molecule has 0 aromatic heterocycles. The van der Waals surface area contributed by atoms with Gasteiger partial charge in [0.1, 0.15) is 11.6 Å². The second kappa shape index (κ2) is 7.91. The van der Waals surface area contributed by atoms with Crippen molar-refractivity contribution in [1.82, 2.24) is 0 Å². The van der Waals surface area contributed by atoms with Gasteiger partial charge in [0.05, 0.1) is 22.3 Å². The lowest BCUT2D eigenvalue weighted by atomic mass is 9.90. The van der Waals surface area contributed by atoms with Crippen LogP contribution in [0, 0.1) is 17.6 Å². The van der Waals surface area contributed by atoms with Gasteiger partial charge in [0.15, 0.2) is 0 Å². The highest BCUT2D eigenvalue weighted by Crippen LogP contribution is 2.38. The molecule has 1 amide bonds. The van der Waals surface area contributed by atoms with Crippen molar-refractivity contribution >= 4 is 34.8 Å². The van der Waals surface area contributed by atoms with Crippen LogP contribution in [0.15, 0.2) is 30.3 Å². The minimum Gasteiger partial charge on any atom is -0.392 e. The van der Waals surface area contributed by atoms with E-state index in [9.17, 15) is 18.7 Å². The van der Waals surface area contributed by atoms with E-state index in [2.05, 4.69) is 0 Å². The molecule has 2 aromatic carbocycles. The summed E-state index contributed by atoms with van der Waals surface area (Å²) < 4.78 is 27.0. The molecule has 138 valence electrons. The van der Waals surface area contributed by atoms with Gasteiger partial charge in [0.2, 0.25) is 5.91 Å². The average molecular weight is 400 g/mol. The number of aliphatic hydroxyl groups excluding tert-OH is 1. The molecule has 0 aliphatic carbocycles. The zero-order valence-electron chi connectivity index (χ0n) is 13.8. The number of benzene rings is 2. The Hall–Kier alpha value is -1.69. The fourth-order valence-corrected chi connectivity index (χ4v) is 4.00. The zero-order valence-corrected chi connectivity index (χ0v) is 15.3. The number of carbonyl (C=O) groups excluding carboxylic acids is 1. The lowest BCUT2D eigenvalue weighted by molar-refractivity contribution is -0.120. The first-order valence-electron chi connectivity index (χ1n) is 8.22. The Labute approximate surface area is 160 Å². The summed E-state index contributed by atoms with van der Waals surface area (Å²) in [5, 5.41) is 9.79. The molecule has 1 atom stereocenters. The summed E-state index contributed by atoms with van der Waals surface area (Å²) in [4.78, 5) is 13.9. The number of aliphatic hydroxyl groups is 1. The van der Waals surface area contributed by atoms with E-state index in [1.165, 1.54) is 17.0 Å². The Morgan fingerprint density at radius 3 is 2.46 bits per heavy atom. The third-order valence-electron chi connectivity index (χ3n) is 4.56. The Morgan fingerprint density at radius 2 is 1.85 bits per heavy atom. The molecule has 0 spiro atoms. The molecule has 1 N–H and O–H groups in total. The van der Waals surface area contributed by atoms with E-state index in [4.69, 9.17) is 23.2 Å². The fourth-order valence-electron chi connectivity index (χ4n) is 3.26. The molecule has 1 unspecified atom stereocenters. The SMILES string of the molecule is O=C1CCC(Cc2ccc(F)cc2F)CN1c1c(Cl)cc(CO)cc1Cl. The topological polar surface area (TPSA) is 40.5 Å². The molecule has 0 radical (unpaired) electrons. The standard InChI is InChI=1S/C19H17Cl2F2NO2/c20-15-6-12(10-25)7-16(21)19(15)24-9-11(1-4-18(24)26)5-13-2-3-14(22)8-17(13)23/h2-3,6-8,11,25H,1,4-5,9-10H2. The number of rotatable bonds is 4. The highest BCUT2D eigenvalue weighted by Gasteiger charge is 2.30. The van der Waals surface area contributed by atoms with Crippen molar-refractivity contribution in [3.8, 4) is 0 Å². The quantitative estimate of drug-likeness (QED) is 0.805. The Bertz CT molecular complexity index is 821. The summed E-state index contributed by atoms with van der Waals surface area (Å²) >= 11 is 12.5. The van der Waals surface area contributed by atoms with Crippen LogP contribution in [0.1, 0.15) is 24.0 Å². The van der Waals surface area contributed by atoms with Gasteiger partial charge in [-0.1, -0.05) is 29.3 Å². The largest absolute Gasteiger partial charge is 0.392 e. The van der Waals surface area contributed by atoms with Crippen LogP contribution in [-0.4, -0.2) is 17.6 Å². The van der Waals surface area contributed by atoms with Crippen LogP contribution >= 0.6 is 23.2 Å². The van der Waals surface area contributed by atoms with Gasteiger partial charge in [0.25, 0.3) is 0 Å². The molecule has 1 aliphatic heterocycles. The number of hydrogen-bond acceptors (Lipinski definition) is 2. The molecule has 3 rings (SSSR count). The molecular weight excluding hydrogens is 383 g/mol. The maximum Gasteiger partial charge on any atom is 0.227 e. The minimum atomic E-state index is -0.616. The number of nitrogens with zero attached hydrogens (tertiary/aromatic N) is 1. The predicted molar refractivity (Wildman–Crippen MR) is 97.5 cm³/mol. The summed E-state index contributed by atoms with van der Waals surface area (Å²) in [5.41, 5.74) is 1.37. The number of halogens is 4. The highest BCUT2D eigenvalue weighted by molar-refractivity contribution is 6.40. The molecule has 1 fully saturated rings. The van der Waals surface area contributed by atoms with Crippen LogP contribution < -0.4 is 4.90 Å². The molecule has 26 heavy (non-hydrogen) atoms. The Kier molecular flexibility index (Phi) is 5.80. The van der Waals surface area contributed by atoms with E-state index in [1.807, 2.05) is 0 Å². The van der Waals surface area contributed by atoms with E-state index in [-0.39, 0.29) is 28.5 Å². The van der Waals surface area contributed by atoms with Gasteiger partial charge in [-0.25, -0.2) is 8.78 Å². The van der Waals surface area contributed by atoms with Crippen molar-refractivity contribution in [1.29, 1.82) is 0 Å². The maximum absolute atomic E-state index is 13.9. The lowest BCUT2D eigenvalue weighted by Gasteiger charge is -2.34. The van der Waals surface area contributed by atoms with Gasteiger partial charge in [-0.3, -0.25) is 4.79 Å². The second-order valence-electron chi connectivity index (χ2n) is 6.42. The summed E-state index contributed by atoms with van der Waals surface area (Å²) in [5.74, 6) is -1.32. The van der Waals surface area contributed by atoms with Crippen molar-refractivity contribution in [2.75, 3.05) is 11.4 Å². The number of carbonyl (C=O) groups is 1. The molecule has 3 nitrogen and oxygen atoms in total. The van der Waals surface area contributed by atoms with Crippen molar-refractivity contribution in [2.45, 2.75) is 25.9 Å². The molecule has 2 aromatic rings. The van der Waals surface area contributed by atoms with Gasteiger partial charge in [-0.2, -0.15) is 0 Å². The fraction of sp³-hybridized carbons (Fsp3) is 0.316. The molecule has 0 bridgehead atoms. The molecule has 1 aliphatic rings. The average Bonchev–Trinajstić information content (AvgIpc) is 2.59. The highest BCUT2D eigenvalue weighted by atomic mass is 35.5. The van der Waals surface area contributed by atoms with Gasteiger partial charge < -0.3 is 10.0 Å². The first kappa shape index (κ1) is 19.1. The molecule has 1 saturated heterocycles. The predicted octanol–water partition coefficient (Wildman–Crippen LogP) is 4.75. The van der Waals surface area contributed by atoms with Crippen LogP contribution in [-0.2, 0) is 17.8 Å². The first-order valence-corrected chi connectivity index (χ1v) is 8.97. The van der Waals surface area contributed by atoms with Crippen LogP contribution in [0.3, 0.4) is 0 Å². The van der Waals surface area contributed by atoms with Gasteiger partial charge in [0, 0.05) is 19.0 Å². The normalized spacial score (nSPS) is 17.7. The van der Waals surface area contributed by atoms with E-state index >= 15 is 0 Å². The summed E-state index contributed by atoms with van der Waals surface area (Å²) in [6, 6.07) is 6.66. The van der Waals surface area contributed by atoms with Crippen LogP contribution in [0.4, 0.5) is 14.5 Å². The summed E-state index contributed by atoms with van der Waals surface area (Å²) in [6.07, 6.45) is 1.29. The monoisotopic (exact) mass is 399 g/mol. The number of anilines is 1. The van der Waals surface area contributed by atoms with Crippen molar-refractivity contribution < 1.29 is 18.7 Å². The van der Waals surface area contributed by atoms with Gasteiger partial charge in [-0.15, -0.1) is 0 Å². The van der Waals surface area contributed by atoms with Crippen LogP contribution in [0.5, 0.6) is 0 Å². The van der Waals surface area contributed by atoms with Gasteiger partial charge in [-0.05, 0) is 48.1 Å². The number of piperidine rings is 1. The van der Waals surface area contributed by atoms with E-state index in [0.29, 0.717) is 42.6 Å².